The van der Waals surface area contributed by atoms with E-state index < -0.39 is 11.8 Å². The van der Waals surface area contributed by atoms with Crippen LogP contribution in [0.3, 0.4) is 0 Å². The van der Waals surface area contributed by atoms with Gasteiger partial charge in [0.15, 0.2) is 5.75 Å². The molecule has 0 fully saturated rings. The molecule has 1 heterocycles. The van der Waals surface area contributed by atoms with Crippen LogP contribution in [0.4, 0.5) is 0 Å². The van der Waals surface area contributed by atoms with Gasteiger partial charge in [0.2, 0.25) is 0 Å². The maximum Gasteiger partial charge on any atom is 0.392 e. The van der Waals surface area contributed by atoms with Crippen LogP contribution in [-0.2, 0) is 9.63 Å². The monoisotopic (exact) mass is 336 g/mol. The first-order valence-electron chi connectivity index (χ1n) is 7.19. The second kappa shape index (κ2) is 7.28. The molecule has 0 aliphatic carbocycles. The maximum absolute atomic E-state index is 11.7. The molecule has 0 spiro atoms. The molecule has 2 rings (SSSR count). The number of carboxylic acids is 1. The molecule has 1 N–H and O–H groups in total. The number of ether oxygens (including phenoxy) is 1. The van der Waals surface area contributed by atoms with Crippen LogP contribution in [-0.4, -0.2) is 28.1 Å². The van der Waals surface area contributed by atoms with Crippen molar-refractivity contribution in [2.45, 2.75) is 32.5 Å². The third-order valence-corrected chi connectivity index (χ3v) is 3.53. The Bertz CT molecular complexity index is 735. The zero-order valence-electron chi connectivity index (χ0n) is 12.8. The number of nitrogens with zero attached hydrogens (tertiary/aromatic N) is 2. The summed E-state index contributed by atoms with van der Waals surface area (Å²) in [5, 5.41) is 14.4. The van der Waals surface area contributed by atoms with Gasteiger partial charge in [0.05, 0.1) is 5.02 Å². The lowest BCUT2D eigenvalue weighted by molar-refractivity contribution is -0.213. The molecule has 0 amide bonds. The van der Waals surface area contributed by atoms with E-state index in [1.54, 1.807) is 37.4 Å². The van der Waals surface area contributed by atoms with Crippen LogP contribution in [0.25, 0.3) is 10.9 Å². The summed E-state index contributed by atoms with van der Waals surface area (Å²) in [5.74, 6) is -2.93. The number of carbonyl (C=O) groups is 1. The fourth-order valence-corrected chi connectivity index (χ4v) is 2.17. The third kappa shape index (κ3) is 3.53. The van der Waals surface area contributed by atoms with Crippen molar-refractivity contribution in [3.8, 4) is 5.75 Å². The quantitative estimate of drug-likeness (QED) is 0.471. The van der Waals surface area contributed by atoms with Gasteiger partial charge in [-0.05, 0) is 30.7 Å². The Hall–Kier alpha value is -2.34. The second-order valence-electron chi connectivity index (χ2n) is 4.75. The van der Waals surface area contributed by atoms with Crippen molar-refractivity contribution in [1.82, 2.24) is 4.98 Å². The Balaban J connectivity index is 2.46. The predicted octanol–water partition coefficient (Wildman–Crippen LogP) is 3.87. The Morgan fingerprint density at radius 2 is 2.22 bits per heavy atom. The minimum Gasteiger partial charge on any atom is -0.475 e. The smallest absolute Gasteiger partial charge is 0.392 e. The molecule has 0 bridgehead atoms. The van der Waals surface area contributed by atoms with Crippen molar-refractivity contribution >= 4 is 34.7 Å². The topological polar surface area (TPSA) is 81.0 Å². The largest absolute Gasteiger partial charge is 0.475 e. The van der Waals surface area contributed by atoms with Crippen molar-refractivity contribution < 1.29 is 19.5 Å². The number of carboxylic acid groups (broad SMARTS) is 1. The van der Waals surface area contributed by atoms with Gasteiger partial charge in [-0.2, -0.15) is 0 Å². The summed E-state index contributed by atoms with van der Waals surface area (Å²) in [6, 6.07) is 6.71. The van der Waals surface area contributed by atoms with Gasteiger partial charge in [0.1, 0.15) is 5.52 Å². The highest BCUT2D eigenvalue weighted by molar-refractivity contribution is 6.35. The summed E-state index contributed by atoms with van der Waals surface area (Å²) in [5.41, 5.74) is 0.460. The van der Waals surface area contributed by atoms with Gasteiger partial charge in [-0.3, -0.25) is 4.98 Å². The summed E-state index contributed by atoms with van der Waals surface area (Å²) in [7, 11) is 0. The normalized spacial score (nSPS) is 13.9. The summed E-state index contributed by atoms with van der Waals surface area (Å²) in [4.78, 5) is 21.1. The van der Waals surface area contributed by atoms with Crippen molar-refractivity contribution in [1.29, 1.82) is 0 Å². The fraction of sp³-hybridized carbons (Fsp3) is 0.312. The molecular formula is C16H17ClN2O4. The van der Waals surface area contributed by atoms with E-state index in [-0.39, 0.29) is 12.2 Å². The summed E-state index contributed by atoms with van der Waals surface area (Å²) in [6.45, 7) is 3.50. The molecule has 23 heavy (non-hydrogen) atoms. The number of hydrogen-bond acceptors (Lipinski definition) is 5. The Morgan fingerprint density at radius 3 is 2.87 bits per heavy atom. The average Bonchev–Trinajstić information content (AvgIpc) is 2.56. The van der Waals surface area contributed by atoms with Crippen LogP contribution in [0.2, 0.25) is 5.02 Å². The van der Waals surface area contributed by atoms with Crippen LogP contribution >= 0.6 is 11.6 Å². The Kier molecular flexibility index (Phi) is 5.39. The van der Waals surface area contributed by atoms with Crippen molar-refractivity contribution in [3.05, 3.63) is 35.5 Å². The van der Waals surface area contributed by atoms with Crippen LogP contribution < -0.4 is 4.74 Å². The first kappa shape index (κ1) is 17.0. The first-order valence-corrected chi connectivity index (χ1v) is 7.57. The molecule has 6 nitrogen and oxygen atoms in total. The molecule has 0 saturated heterocycles. The number of aliphatic carboxylic acids is 1. The minimum atomic E-state index is -1.93. The Morgan fingerprint density at radius 1 is 1.43 bits per heavy atom. The standard InChI is InChI=1S/C16H17ClN2O4/c1-3-9-19-23-16(4-2,15(20)21)22-13-8-7-12(17)11-6-5-10-18-14(11)13/h5-10H,3-4H2,1-2H3,(H,20,21). The van der Waals surface area contributed by atoms with Gasteiger partial charge in [-0.15, -0.1) is 0 Å². The van der Waals surface area contributed by atoms with E-state index in [1.165, 1.54) is 6.21 Å². The number of pyridine rings is 1. The molecule has 1 aromatic carbocycles. The molecule has 7 heteroatoms. The number of halogens is 1. The number of benzene rings is 1. The zero-order chi connectivity index (χ0) is 16.9. The van der Waals surface area contributed by atoms with E-state index >= 15 is 0 Å². The van der Waals surface area contributed by atoms with Crippen LogP contribution in [0.5, 0.6) is 5.75 Å². The SMILES string of the molecule is CCC=NOC(CC)(Oc1ccc(Cl)c2cccnc12)C(=O)O. The van der Waals surface area contributed by atoms with Gasteiger partial charge in [-0.1, -0.05) is 30.6 Å². The second-order valence-corrected chi connectivity index (χ2v) is 5.15. The number of oxime groups is 1. The van der Waals surface area contributed by atoms with Gasteiger partial charge in [0.25, 0.3) is 0 Å². The predicted molar refractivity (Wildman–Crippen MR) is 87.9 cm³/mol. The van der Waals surface area contributed by atoms with E-state index in [0.717, 1.165) is 0 Å². The highest BCUT2D eigenvalue weighted by Gasteiger charge is 2.43. The van der Waals surface area contributed by atoms with Gasteiger partial charge >= 0.3 is 11.8 Å². The molecule has 0 aliphatic rings. The first-order chi connectivity index (χ1) is 11.0. The third-order valence-electron chi connectivity index (χ3n) is 3.20. The van der Waals surface area contributed by atoms with Crippen molar-refractivity contribution in [2.24, 2.45) is 5.16 Å². The van der Waals surface area contributed by atoms with Crippen LogP contribution in [0.15, 0.2) is 35.6 Å². The Labute approximate surface area is 138 Å². The summed E-state index contributed by atoms with van der Waals surface area (Å²) < 4.78 is 5.67. The lowest BCUT2D eigenvalue weighted by Crippen LogP contribution is -2.45. The van der Waals surface area contributed by atoms with Crippen LogP contribution in [0.1, 0.15) is 26.7 Å². The average molecular weight is 337 g/mol. The highest BCUT2D eigenvalue weighted by Crippen LogP contribution is 2.33. The molecule has 2 aromatic rings. The van der Waals surface area contributed by atoms with E-state index in [9.17, 15) is 9.90 Å². The van der Waals surface area contributed by atoms with E-state index in [4.69, 9.17) is 21.2 Å². The lowest BCUT2D eigenvalue weighted by Gasteiger charge is -2.26. The van der Waals surface area contributed by atoms with Crippen LogP contribution in [0, 0.1) is 0 Å². The highest BCUT2D eigenvalue weighted by atomic mass is 35.5. The molecule has 1 atom stereocenters. The maximum atomic E-state index is 11.7. The van der Waals surface area contributed by atoms with E-state index in [1.807, 2.05) is 6.92 Å². The van der Waals surface area contributed by atoms with E-state index in [2.05, 4.69) is 10.1 Å². The number of hydrogen-bond donors (Lipinski definition) is 1. The molecular weight excluding hydrogens is 320 g/mol. The molecule has 0 aliphatic heterocycles. The number of fused-ring (bicyclic) bond motifs is 1. The molecule has 1 aromatic heterocycles. The van der Waals surface area contributed by atoms with Crippen molar-refractivity contribution in [3.63, 3.8) is 0 Å². The molecule has 0 radical (unpaired) electrons. The fourth-order valence-electron chi connectivity index (χ4n) is 1.96. The van der Waals surface area contributed by atoms with Gasteiger partial charge in [-0.25, -0.2) is 4.79 Å². The summed E-state index contributed by atoms with van der Waals surface area (Å²) >= 11 is 6.13. The number of aromatic nitrogens is 1. The number of rotatable bonds is 7. The minimum absolute atomic E-state index is 0.0559. The zero-order valence-corrected chi connectivity index (χ0v) is 13.6. The summed E-state index contributed by atoms with van der Waals surface area (Å²) in [6.07, 6.45) is 3.72. The van der Waals surface area contributed by atoms with Gasteiger partial charge < -0.3 is 14.7 Å². The van der Waals surface area contributed by atoms with Gasteiger partial charge in [0, 0.05) is 24.2 Å². The molecule has 1 unspecified atom stereocenters. The molecule has 122 valence electrons. The van der Waals surface area contributed by atoms with E-state index in [0.29, 0.717) is 22.3 Å². The lowest BCUT2D eigenvalue weighted by atomic mass is 10.2. The van der Waals surface area contributed by atoms with Crippen molar-refractivity contribution in [2.75, 3.05) is 0 Å². The molecule has 0 saturated carbocycles.